The smallest absolute Gasteiger partial charge is 0.338 e. The molecule has 1 aromatic carbocycles. The second kappa shape index (κ2) is 6.65. The molecule has 7 heteroatoms. The van der Waals surface area contributed by atoms with Gasteiger partial charge in [0, 0.05) is 13.1 Å². The van der Waals surface area contributed by atoms with E-state index < -0.39 is 16.0 Å². The Hall–Kier alpha value is -1.44. The van der Waals surface area contributed by atoms with Crippen molar-refractivity contribution in [2.45, 2.75) is 18.7 Å². The van der Waals surface area contributed by atoms with E-state index in [-0.39, 0.29) is 30.2 Å². The molecule has 0 heterocycles. The van der Waals surface area contributed by atoms with Gasteiger partial charge in [0.2, 0.25) is 10.0 Å². The Kier molecular flexibility index (Phi) is 5.46. The highest BCUT2D eigenvalue weighted by atomic mass is 32.2. The molecule has 0 unspecified atom stereocenters. The number of aryl methyl sites for hydroxylation is 1. The summed E-state index contributed by atoms with van der Waals surface area (Å²) in [5.74, 6) is -0.544. The van der Waals surface area contributed by atoms with Gasteiger partial charge in [0.15, 0.2) is 0 Å². The van der Waals surface area contributed by atoms with Crippen LogP contribution in [0.15, 0.2) is 23.1 Å². The second-order valence-corrected chi connectivity index (χ2v) is 5.62. The lowest BCUT2D eigenvalue weighted by Gasteiger charge is -2.10. The summed E-state index contributed by atoms with van der Waals surface area (Å²) in [4.78, 5) is 11.7. The van der Waals surface area contributed by atoms with E-state index in [1.165, 1.54) is 12.1 Å². The Morgan fingerprint density at radius 1 is 1.42 bits per heavy atom. The predicted molar refractivity (Wildman–Crippen MR) is 71.4 cm³/mol. The van der Waals surface area contributed by atoms with Crippen molar-refractivity contribution in [1.29, 1.82) is 0 Å². The SMILES string of the molecule is CCOC(=O)c1ccc(C)c(S(=O)(=O)NCCN)c1. The van der Waals surface area contributed by atoms with E-state index in [0.717, 1.165) is 0 Å². The Bertz CT molecular complexity index is 555. The fourth-order valence-electron chi connectivity index (χ4n) is 1.50. The Morgan fingerprint density at radius 3 is 2.68 bits per heavy atom. The normalized spacial score (nSPS) is 11.3. The lowest BCUT2D eigenvalue weighted by atomic mass is 10.1. The largest absolute Gasteiger partial charge is 0.462 e. The van der Waals surface area contributed by atoms with Gasteiger partial charge in [0.1, 0.15) is 0 Å². The minimum atomic E-state index is -3.66. The monoisotopic (exact) mass is 286 g/mol. The van der Waals surface area contributed by atoms with Gasteiger partial charge in [-0.25, -0.2) is 17.9 Å². The number of hydrogen-bond donors (Lipinski definition) is 2. The summed E-state index contributed by atoms with van der Waals surface area (Å²) in [7, 11) is -3.66. The first-order valence-corrected chi connectivity index (χ1v) is 7.38. The Balaban J connectivity index is 3.14. The number of benzene rings is 1. The van der Waals surface area contributed by atoms with Gasteiger partial charge in [-0.3, -0.25) is 0 Å². The fraction of sp³-hybridized carbons (Fsp3) is 0.417. The number of nitrogens with one attached hydrogen (secondary N) is 1. The van der Waals surface area contributed by atoms with Crippen LogP contribution in [0.5, 0.6) is 0 Å². The number of sulfonamides is 1. The van der Waals surface area contributed by atoms with E-state index in [1.807, 2.05) is 0 Å². The number of ether oxygens (including phenoxy) is 1. The third-order valence-corrected chi connectivity index (χ3v) is 4.03. The maximum Gasteiger partial charge on any atom is 0.338 e. The fourth-order valence-corrected chi connectivity index (χ4v) is 2.82. The third-order valence-electron chi connectivity index (χ3n) is 2.43. The minimum Gasteiger partial charge on any atom is -0.462 e. The van der Waals surface area contributed by atoms with Crippen LogP contribution in [0.4, 0.5) is 0 Å². The van der Waals surface area contributed by atoms with Crippen molar-refractivity contribution < 1.29 is 17.9 Å². The van der Waals surface area contributed by atoms with Crippen LogP contribution < -0.4 is 10.5 Å². The molecule has 19 heavy (non-hydrogen) atoms. The molecule has 1 aromatic rings. The molecule has 3 N–H and O–H groups in total. The molecule has 6 nitrogen and oxygen atoms in total. The van der Waals surface area contributed by atoms with Gasteiger partial charge in [-0.1, -0.05) is 6.07 Å². The van der Waals surface area contributed by atoms with Gasteiger partial charge >= 0.3 is 5.97 Å². The van der Waals surface area contributed by atoms with Crippen LogP contribution in [-0.2, 0) is 14.8 Å². The molecule has 0 aromatic heterocycles. The van der Waals surface area contributed by atoms with Crippen LogP contribution in [-0.4, -0.2) is 34.1 Å². The van der Waals surface area contributed by atoms with Crippen molar-refractivity contribution in [1.82, 2.24) is 4.72 Å². The molecule has 0 spiro atoms. The van der Waals surface area contributed by atoms with Crippen molar-refractivity contribution >= 4 is 16.0 Å². The van der Waals surface area contributed by atoms with E-state index in [2.05, 4.69) is 4.72 Å². The van der Waals surface area contributed by atoms with Crippen LogP contribution >= 0.6 is 0 Å². The van der Waals surface area contributed by atoms with Crippen molar-refractivity contribution in [3.8, 4) is 0 Å². The van der Waals surface area contributed by atoms with Gasteiger partial charge in [-0.2, -0.15) is 0 Å². The highest BCUT2D eigenvalue weighted by Crippen LogP contribution is 2.17. The molecule has 0 bridgehead atoms. The van der Waals surface area contributed by atoms with E-state index in [0.29, 0.717) is 5.56 Å². The summed E-state index contributed by atoms with van der Waals surface area (Å²) >= 11 is 0. The first-order valence-electron chi connectivity index (χ1n) is 5.90. The number of carbonyl (C=O) groups is 1. The lowest BCUT2D eigenvalue weighted by molar-refractivity contribution is 0.0526. The van der Waals surface area contributed by atoms with Crippen LogP contribution in [0.1, 0.15) is 22.8 Å². The van der Waals surface area contributed by atoms with E-state index in [9.17, 15) is 13.2 Å². The van der Waals surface area contributed by atoms with Crippen LogP contribution in [0.3, 0.4) is 0 Å². The minimum absolute atomic E-state index is 0.0616. The maximum absolute atomic E-state index is 12.0. The second-order valence-electron chi connectivity index (χ2n) is 3.89. The molecule has 0 saturated carbocycles. The van der Waals surface area contributed by atoms with Gasteiger partial charge in [0.25, 0.3) is 0 Å². The number of nitrogens with two attached hydrogens (primary N) is 1. The lowest BCUT2D eigenvalue weighted by Crippen LogP contribution is -2.29. The highest BCUT2D eigenvalue weighted by Gasteiger charge is 2.18. The molecule has 106 valence electrons. The third kappa shape index (κ3) is 4.02. The molecular weight excluding hydrogens is 268 g/mol. The van der Waals surface area contributed by atoms with Crippen LogP contribution in [0.2, 0.25) is 0 Å². The molecular formula is C12H18N2O4S. The zero-order valence-electron chi connectivity index (χ0n) is 11.0. The average molecular weight is 286 g/mol. The molecule has 0 amide bonds. The van der Waals surface area contributed by atoms with Crippen molar-refractivity contribution in [3.05, 3.63) is 29.3 Å². The van der Waals surface area contributed by atoms with Crippen molar-refractivity contribution in [2.75, 3.05) is 19.7 Å². The zero-order chi connectivity index (χ0) is 14.5. The Labute approximate surface area is 113 Å². The number of hydrogen-bond acceptors (Lipinski definition) is 5. The quantitative estimate of drug-likeness (QED) is 0.738. The Morgan fingerprint density at radius 2 is 2.11 bits per heavy atom. The molecule has 1 rings (SSSR count). The molecule has 0 saturated heterocycles. The summed E-state index contributed by atoms with van der Waals surface area (Å²) in [6.07, 6.45) is 0. The summed E-state index contributed by atoms with van der Waals surface area (Å²) in [6.45, 7) is 3.93. The number of rotatable bonds is 6. The summed E-state index contributed by atoms with van der Waals surface area (Å²) in [6, 6.07) is 4.42. The maximum atomic E-state index is 12.0. The number of esters is 1. The van der Waals surface area contributed by atoms with Crippen LogP contribution in [0.25, 0.3) is 0 Å². The van der Waals surface area contributed by atoms with Gasteiger partial charge in [-0.05, 0) is 31.5 Å². The zero-order valence-corrected chi connectivity index (χ0v) is 11.8. The van der Waals surface area contributed by atoms with Crippen molar-refractivity contribution in [3.63, 3.8) is 0 Å². The topological polar surface area (TPSA) is 98.5 Å². The molecule has 0 aliphatic carbocycles. The summed E-state index contributed by atoms with van der Waals surface area (Å²) < 4.78 is 31.3. The van der Waals surface area contributed by atoms with Crippen LogP contribution in [0, 0.1) is 6.92 Å². The summed E-state index contributed by atoms with van der Waals surface area (Å²) in [5.41, 5.74) is 6.03. The first kappa shape index (κ1) is 15.6. The van der Waals surface area contributed by atoms with Gasteiger partial charge < -0.3 is 10.5 Å². The number of carbonyl (C=O) groups excluding carboxylic acids is 1. The van der Waals surface area contributed by atoms with E-state index >= 15 is 0 Å². The molecule has 0 atom stereocenters. The van der Waals surface area contributed by atoms with E-state index in [1.54, 1.807) is 19.9 Å². The standard InChI is InChI=1S/C12H18N2O4S/c1-3-18-12(15)10-5-4-9(2)11(8-10)19(16,17)14-7-6-13/h4-5,8,14H,3,6-7,13H2,1-2H3. The molecule has 0 aliphatic heterocycles. The van der Waals surface area contributed by atoms with Crippen molar-refractivity contribution in [2.24, 2.45) is 5.73 Å². The molecule has 0 radical (unpaired) electrons. The summed E-state index contributed by atoms with van der Waals surface area (Å²) in [5, 5.41) is 0. The first-order chi connectivity index (χ1) is 8.92. The molecule has 0 aliphatic rings. The van der Waals surface area contributed by atoms with E-state index in [4.69, 9.17) is 10.5 Å². The highest BCUT2D eigenvalue weighted by molar-refractivity contribution is 7.89. The molecule has 0 fully saturated rings. The van der Waals surface area contributed by atoms with Gasteiger partial charge in [0.05, 0.1) is 17.1 Å². The predicted octanol–water partition coefficient (Wildman–Crippen LogP) is 0.409. The average Bonchev–Trinajstić information content (AvgIpc) is 2.37. The van der Waals surface area contributed by atoms with Gasteiger partial charge in [-0.15, -0.1) is 0 Å².